The molecule has 0 radical (unpaired) electrons. The van der Waals surface area contributed by atoms with E-state index in [1.807, 2.05) is 36.4 Å². The van der Waals surface area contributed by atoms with E-state index in [0.717, 1.165) is 25.1 Å². The predicted molar refractivity (Wildman–Crippen MR) is 99.5 cm³/mol. The van der Waals surface area contributed by atoms with Gasteiger partial charge in [-0.2, -0.15) is 0 Å². The molecule has 5 nitrogen and oxygen atoms in total. The number of ether oxygens (including phenoxy) is 2. The minimum atomic E-state index is -0.179. The summed E-state index contributed by atoms with van der Waals surface area (Å²) in [5.41, 5.74) is 1.37. The van der Waals surface area contributed by atoms with Gasteiger partial charge in [0.25, 0.3) is 0 Å². The molecule has 1 atom stereocenters. The number of hydrogen-bond donors (Lipinski definition) is 2. The number of rotatable bonds is 7. The second-order valence-corrected chi connectivity index (χ2v) is 6.23. The van der Waals surface area contributed by atoms with Gasteiger partial charge in [0.05, 0.1) is 29.0 Å². The third kappa shape index (κ3) is 5.11. The van der Waals surface area contributed by atoms with Crippen molar-refractivity contribution in [3.05, 3.63) is 53.6 Å². The monoisotopic (exact) mass is 360 g/mol. The summed E-state index contributed by atoms with van der Waals surface area (Å²) < 4.78 is 11.4. The quantitative estimate of drug-likeness (QED) is 0.785. The number of carbonyl (C=O) groups excluding carboxylic acids is 1. The smallest absolute Gasteiger partial charge is 0.243 e. The lowest BCUT2D eigenvalue weighted by molar-refractivity contribution is -0.114. The van der Waals surface area contributed by atoms with Gasteiger partial charge in [0.15, 0.2) is 0 Å². The number of hydrogen-bond acceptors (Lipinski definition) is 4. The van der Waals surface area contributed by atoms with Crippen LogP contribution in [0.25, 0.3) is 0 Å². The summed E-state index contributed by atoms with van der Waals surface area (Å²) in [4.78, 5) is 12.1. The molecular weight excluding hydrogens is 340 g/mol. The fraction of sp³-hybridized carbons (Fsp3) is 0.316. The zero-order valence-corrected chi connectivity index (χ0v) is 14.6. The Morgan fingerprint density at radius 3 is 2.68 bits per heavy atom. The maximum absolute atomic E-state index is 12.1. The van der Waals surface area contributed by atoms with Crippen LogP contribution in [0.3, 0.4) is 0 Å². The summed E-state index contributed by atoms with van der Waals surface area (Å²) >= 11 is 6.05. The summed E-state index contributed by atoms with van der Waals surface area (Å²) in [6, 6.07) is 14.7. The van der Waals surface area contributed by atoms with Crippen LogP contribution < -0.4 is 15.4 Å². The Hall–Kier alpha value is -2.24. The molecule has 2 aromatic carbocycles. The molecular formula is C19H21ClN2O3. The van der Waals surface area contributed by atoms with Gasteiger partial charge in [0.1, 0.15) is 12.4 Å². The Labute approximate surface area is 152 Å². The molecule has 0 bridgehead atoms. The van der Waals surface area contributed by atoms with Crippen molar-refractivity contribution in [1.29, 1.82) is 0 Å². The van der Waals surface area contributed by atoms with Crippen molar-refractivity contribution in [3.63, 3.8) is 0 Å². The van der Waals surface area contributed by atoms with Crippen LogP contribution in [-0.2, 0) is 9.53 Å². The lowest BCUT2D eigenvalue weighted by Gasteiger charge is -2.15. The number of halogens is 1. The minimum absolute atomic E-state index is 0.117. The van der Waals surface area contributed by atoms with Crippen LogP contribution in [0.2, 0.25) is 5.02 Å². The van der Waals surface area contributed by atoms with Crippen LogP contribution in [-0.4, -0.2) is 31.8 Å². The third-order valence-corrected chi connectivity index (χ3v) is 4.25. The first-order valence-electron chi connectivity index (χ1n) is 8.34. The number of anilines is 2. The van der Waals surface area contributed by atoms with Crippen LogP contribution in [0, 0.1) is 0 Å². The fourth-order valence-electron chi connectivity index (χ4n) is 2.63. The molecule has 0 saturated carbocycles. The Bertz CT molecular complexity index is 717. The average Bonchev–Trinajstić information content (AvgIpc) is 3.14. The standard InChI is InChI=1S/C19H21ClN2O3/c20-15-7-1-2-8-16(15)22-19(23)12-21-17-9-3-4-10-18(17)25-13-14-6-5-11-24-14/h1-4,7-10,14,21H,5-6,11-13H2,(H,22,23). The van der Waals surface area contributed by atoms with E-state index < -0.39 is 0 Å². The van der Waals surface area contributed by atoms with Crippen molar-refractivity contribution >= 4 is 28.9 Å². The first-order valence-corrected chi connectivity index (χ1v) is 8.72. The molecule has 0 aliphatic carbocycles. The molecule has 132 valence electrons. The Balaban J connectivity index is 1.53. The van der Waals surface area contributed by atoms with E-state index in [9.17, 15) is 4.79 Å². The number of benzene rings is 2. The number of carbonyl (C=O) groups is 1. The average molecular weight is 361 g/mol. The van der Waals surface area contributed by atoms with Gasteiger partial charge in [-0.15, -0.1) is 0 Å². The van der Waals surface area contributed by atoms with Crippen molar-refractivity contribution in [2.75, 3.05) is 30.4 Å². The molecule has 2 aromatic rings. The van der Waals surface area contributed by atoms with Crippen molar-refractivity contribution < 1.29 is 14.3 Å². The fourth-order valence-corrected chi connectivity index (χ4v) is 2.81. The lowest BCUT2D eigenvalue weighted by atomic mass is 10.2. The first kappa shape index (κ1) is 17.6. The predicted octanol–water partition coefficient (Wildman–Crippen LogP) is 3.95. The van der Waals surface area contributed by atoms with Gasteiger partial charge in [-0.05, 0) is 37.1 Å². The third-order valence-electron chi connectivity index (χ3n) is 3.92. The lowest BCUT2D eigenvalue weighted by Crippen LogP contribution is -2.22. The largest absolute Gasteiger partial charge is 0.489 e. The second-order valence-electron chi connectivity index (χ2n) is 5.82. The highest BCUT2D eigenvalue weighted by molar-refractivity contribution is 6.33. The topological polar surface area (TPSA) is 59.6 Å². The summed E-state index contributed by atoms with van der Waals surface area (Å²) in [6.07, 6.45) is 2.25. The maximum Gasteiger partial charge on any atom is 0.243 e. The number of nitrogens with one attached hydrogen (secondary N) is 2. The molecule has 0 aromatic heterocycles. The van der Waals surface area contributed by atoms with E-state index in [0.29, 0.717) is 23.1 Å². The molecule has 1 amide bonds. The van der Waals surface area contributed by atoms with Gasteiger partial charge in [-0.3, -0.25) is 4.79 Å². The summed E-state index contributed by atoms with van der Waals surface area (Å²) in [6.45, 7) is 1.44. The van der Waals surface area contributed by atoms with E-state index in [2.05, 4.69) is 10.6 Å². The zero-order chi connectivity index (χ0) is 17.5. The molecule has 6 heteroatoms. The van der Waals surface area contributed by atoms with E-state index in [4.69, 9.17) is 21.1 Å². The summed E-state index contributed by atoms with van der Waals surface area (Å²) in [5.74, 6) is 0.533. The van der Waals surface area contributed by atoms with Gasteiger partial charge in [-0.25, -0.2) is 0 Å². The van der Waals surface area contributed by atoms with Crippen LogP contribution in [0.5, 0.6) is 5.75 Å². The van der Waals surface area contributed by atoms with Crippen LogP contribution >= 0.6 is 11.6 Å². The molecule has 0 spiro atoms. The molecule has 1 unspecified atom stereocenters. The Kier molecular flexibility index (Phi) is 6.14. The van der Waals surface area contributed by atoms with E-state index in [1.54, 1.807) is 12.1 Å². The normalized spacial score (nSPS) is 16.4. The molecule has 1 aliphatic rings. The number of para-hydroxylation sites is 3. The van der Waals surface area contributed by atoms with Gasteiger partial charge in [-0.1, -0.05) is 35.9 Å². The van der Waals surface area contributed by atoms with Crippen molar-refractivity contribution in [3.8, 4) is 5.75 Å². The summed E-state index contributed by atoms with van der Waals surface area (Å²) in [7, 11) is 0. The van der Waals surface area contributed by atoms with Gasteiger partial charge < -0.3 is 20.1 Å². The maximum atomic E-state index is 12.1. The SMILES string of the molecule is O=C(CNc1ccccc1OCC1CCCO1)Nc1ccccc1Cl. The van der Waals surface area contributed by atoms with E-state index >= 15 is 0 Å². The van der Waals surface area contributed by atoms with Gasteiger partial charge in [0, 0.05) is 6.61 Å². The highest BCUT2D eigenvalue weighted by atomic mass is 35.5. The van der Waals surface area contributed by atoms with Crippen LogP contribution in [0.1, 0.15) is 12.8 Å². The molecule has 25 heavy (non-hydrogen) atoms. The van der Waals surface area contributed by atoms with Crippen molar-refractivity contribution in [2.24, 2.45) is 0 Å². The number of amides is 1. The molecule has 1 heterocycles. The van der Waals surface area contributed by atoms with Gasteiger partial charge in [0.2, 0.25) is 5.91 Å². The highest BCUT2D eigenvalue weighted by Crippen LogP contribution is 2.25. The van der Waals surface area contributed by atoms with Crippen molar-refractivity contribution in [1.82, 2.24) is 0 Å². The summed E-state index contributed by atoms with van der Waals surface area (Å²) in [5, 5.41) is 6.40. The van der Waals surface area contributed by atoms with E-state index in [-0.39, 0.29) is 18.6 Å². The second kappa shape index (κ2) is 8.74. The highest BCUT2D eigenvalue weighted by Gasteiger charge is 2.16. The molecule has 1 fully saturated rings. The molecule has 1 saturated heterocycles. The molecule has 3 rings (SSSR count). The van der Waals surface area contributed by atoms with Crippen LogP contribution in [0.15, 0.2) is 48.5 Å². The minimum Gasteiger partial charge on any atom is -0.489 e. The Morgan fingerprint density at radius 1 is 1.16 bits per heavy atom. The van der Waals surface area contributed by atoms with Crippen LogP contribution in [0.4, 0.5) is 11.4 Å². The molecule has 1 aliphatic heterocycles. The zero-order valence-electron chi connectivity index (χ0n) is 13.8. The Morgan fingerprint density at radius 2 is 1.92 bits per heavy atom. The first-order chi connectivity index (χ1) is 12.2. The van der Waals surface area contributed by atoms with Crippen molar-refractivity contribution in [2.45, 2.75) is 18.9 Å². The van der Waals surface area contributed by atoms with E-state index in [1.165, 1.54) is 0 Å². The van der Waals surface area contributed by atoms with Gasteiger partial charge >= 0.3 is 0 Å². The molecule has 2 N–H and O–H groups in total.